The zero-order valence-electron chi connectivity index (χ0n) is 20.4. The second kappa shape index (κ2) is 12.0. The van der Waals surface area contributed by atoms with Gasteiger partial charge < -0.3 is 9.73 Å². The van der Waals surface area contributed by atoms with Crippen LogP contribution in [-0.4, -0.2) is 25.2 Å². The zero-order valence-corrected chi connectivity index (χ0v) is 21.9. The molecule has 0 aliphatic rings. The molecule has 1 heterocycles. The van der Waals surface area contributed by atoms with Crippen molar-refractivity contribution in [3.8, 4) is 6.07 Å². The molecule has 1 N–H and O–H groups in total. The first-order valence-corrected chi connectivity index (χ1v) is 13.2. The number of nitrogens with zero attached hydrogens (tertiary/aromatic N) is 2. The lowest BCUT2D eigenvalue weighted by Crippen LogP contribution is -2.30. The van der Waals surface area contributed by atoms with E-state index in [0.717, 1.165) is 11.1 Å². The van der Waals surface area contributed by atoms with E-state index in [9.17, 15) is 18.5 Å². The molecule has 1 amide bonds. The average Bonchev–Trinajstić information content (AvgIpc) is 3.29. The molecule has 0 aliphatic heterocycles. The van der Waals surface area contributed by atoms with E-state index < -0.39 is 15.9 Å². The molecule has 2 aromatic carbocycles. The number of benzene rings is 2. The van der Waals surface area contributed by atoms with Crippen molar-refractivity contribution in [1.29, 1.82) is 5.26 Å². The minimum atomic E-state index is -3.86. The van der Waals surface area contributed by atoms with Crippen molar-refractivity contribution in [2.24, 2.45) is 5.92 Å². The summed E-state index contributed by atoms with van der Waals surface area (Å²) in [4.78, 5) is 12.4. The molecule has 0 fully saturated rings. The fourth-order valence-electron chi connectivity index (χ4n) is 3.29. The molecular formula is C27H28ClN3O4S. The summed E-state index contributed by atoms with van der Waals surface area (Å²) in [6.07, 6.45) is 1.34. The Bertz CT molecular complexity index is 1370. The Morgan fingerprint density at radius 2 is 1.75 bits per heavy atom. The maximum atomic E-state index is 13.5. The Kier molecular flexibility index (Phi) is 9.10. The van der Waals surface area contributed by atoms with Gasteiger partial charge in [0.2, 0.25) is 10.0 Å². The van der Waals surface area contributed by atoms with Crippen LogP contribution in [0.2, 0.25) is 5.02 Å². The molecule has 0 saturated heterocycles. The summed E-state index contributed by atoms with van der Waals surface area (Å²) >= 11 is 5.99. The first-order valence-electron chi connectivity index (χ1n) is 11.4. The van der Waals surface area contributed by atoms with Crippen LogP contribution in [-0.2, 0) is 27.9 Å². The van der Waals surface area contributed by atoms with Gasteiger partial charge in [-0.15, -0.1) is 0 Å². The third-order valence-electron chi connectivity index (χ3n) is 5.27. The van der Waals surface area contributed by atoms with Crippen LogP contribution in [0.15, 0.2) is 75.5 Å². The van der Waals surface area contributed by atoms with Gasteiger partial charge in [-0.05, 0) is 54.8 Å². The summed E-state index contributed by atoms with van der Waals surface area (Å²) in [5.41, 5.74) is 1.61. The summed E-state index contributed by atoms with van der Waals surface area (Å²) in [7, 11) is -3.86. The molecule has 0 bridgehead atoms. The average molecular weight is 526 g/mol. The second-order valence-electron chi connectivity index (χ2n) is 8.79. The number of carbonyl (C=O) groups excluding carboxylic acids is 1. The molecule has 188 valence electrons. The van der Waals surface area contributed by atoms with E-state index >= 15 is 0 Å². The van der Waals surface area contributed by atoms with Crippen molar-refractivity contribution in [1.82, 2.24) is 9.62 Å². The summed E-state index contributed by atoms with van der Waals surface area (Å²) < 4.78 is 34.1. The van der Waals surface area contributed by atoms with Gasteiger partial charge in [0.1, 0.15) is 23.2 Å². The van der Waals surface area contributed by atoms with E-state index in [4.69, 9.17) is 16.0 Å². The summed E-state index contributed by atoms with van der Waals surface area (Å²) in [6.45, 7) is 6.29. The van der Waals surface area contributed by atoms with Gasteiger partial charge in [-0.3, -0.25) is 4.79 Å². The van der Waals surface area contributed by atoms with Crippen LogP contribution in [0.25, 0.3) is 6.08 Å². The highest BCUT2D eigenvalue weighted by Crippen LogP contribution is 2.24. The van der Waals surface area contributed by atoms with Crippen molar-refractivity contribution < 1.29 is 17.6 Å². The molecule has 1 aromatic heterocycles. The van der Waals surface area contributed by atoms with Gasteiger partial charge in [-0.25, -0.2) is 8.42 Å². The van der Waals surface area contributed by atoms with Gasteiger partial charge >= 0.3 is 0 Å². The Balaban J connectivity index is 1.88. The van der Waals surface area contributed by atoms with E-state index in [1.165, 1.54) is 10.4 Å². The molecule has 3 aromatic rings. The number of hydrogen-bond acceptors (Lipinski definition) is 5. The van der Waals surface area contributed by atoms with Crippen molar-refractivity contribution >= 4 is 33.6 Å². The molecular weight excluding hydrogens is 498 g/mol. The normalized spacial score (nSPS) is 12.1. The minimum absolute atomic E-state index is 0.0475. The van der Waals surface area contributed by atoms with Gasteiger partial charge in [0.05, 0.1) is 11.4 Å². The highest BCUT2D eigenvalue weighted by atomic mass is 35.5. The van der Waals surface area contributed by atoms with Crippen LogP contribution in [0.3, 0.4) is 0 Å². The predicted molar refractivity (Wildman–Crippen MR) is 139 cm³/mol. The summed E-state index contributed by atoms with van der Waals surface area (Å²) in [5.74, 6) is 0.396. The van der Waals surface area contributed by atoms with Crippen LogP contribution in [0.5, 0.6) is 0 Å². The van der Waals surface area contributed by atoms with E-state index in [-0.39, 0.29) is 35.2 Å². The van der Waals surface area contributed by atoms with Crippen molar-refractivity contribution in [3.05, 3.63) is 93.9 Å². The number of furan rings is 1. The third-order valence-corrected chi connectivity index (χ3v) is 7.33. The monoisotopic (exact) mass is 525 g/mol. The van der Waals surface area contributed by atoms with Gasteiger partial charge in [-0.2, -0.15) is 9.57 Å². The number of carbonyl (C=O) groups is 1. The lowest BCUT2D eigenvalue weighted by molar-refractivity contribution is -0.117. The largest absolute Gasteiger partial charge is 0.460 e. The van der Waals surface area contributed by atoms with Crippen molar-refractivity contribution in [3.63, 3.8) is 0 Å². The highest BCUT2D eigenvalue weighted by Gasteiger charge is 2.26. The number of hydrogen-bond donors (Lipinski definition) is 1. The van der Waals surface area contributed by atoms with Crippen molar-refractivity contribution in [2.45, 2.75) is 38.8 Å². The number of halogens is 1. The van der Waals surface area contributed by atoms with E-state index in [1.54, 1.807) is 60.7 Å². The topological polar surface area (TPSA) is 103 Å². The predicted octanol–water partition coefficient (Wildman–Crippen LogP) is 5.31. The first kappa shape index (κ1) is 27.2. The highest BCUT2D eigenvalue weighted by molar-refractivity contribution is 7.89. The third kappa shape index (κ3) is 7.31. The van der Waals surface area contributed by atoms with Gasteiger partial charge in [0.25, 0.3) is 5.91 Å². The first-order chi connectivity index (χ1) is 17.1. The number of aryl methyl sites for hydroxylation is 1. The number of sulfonamides is 1. The van der Waals surface area contributed by atoms with Crippen LogP contribution in [0.4, 0.5) is 0 Å². The fraction of sp³-hybridized carbons (Fsp3) is 0.259. The number of amides is 1. The number of nitriles is 1. The number of rotatable bonds is 10. The van der Waals surface area contributed by atoms with Crippen LogP contribution in [0.1, 0.15) is 36.5 Å². The lowest BCUT2D eigenvalue weighted by Gasteiger charge is -2.21. The Labute approximate surface area is 217 Å². The molecule has 0 spiro atoms. The maximum Gasteiger partial charge on any atom is 0.262 e. The summed E-state index contributed by atoms with van der Waals surface area (Å²) in [6, 6.07) is 18.7. The maximum absolute atomic E-state index is 13.5. The Morgan fingerprint density at radius 1 is 1.08 bits per heavy atom. The zero-order chi connectivity index (χ0) is 26.3. The number of nitrogens with one attached hydrogen (secondary N) is 1. The molecule has 0 radical (unpaired) electrons. The molecule has 7 nitrogen and oxygen atoms in total. The van der Waals surface area contributed by atoms with Crippen LogP contribution in [0, 0.1) is 24.2 Å². The van der Waals surface area contributed by atoms with Crippen LogP contribution >= 0.6 is 11.6 Å². The summed E-state index contributed by atoms with van der Waals surface area (Å²) in [5, 5.41) is 12.6. The lowest BCUT2D eigenvalue weighted by atomic mass is 10.2. The van der Waals surface area contributed by atoms with Crippen LogP contribution < -0.4 is 5.32 Å². The standard InChI is InChI=1S/C27H28ClN3O4S/c1-19(2)16-30-27(32)22(15-29)14-24-10-11-25(35-24)18-31(17-21-6-8-23(28)9-7-21)36(33,34)26-12-4-20(3)5-13-26/h4-14,19H,16-18H2,1-3H3,(H,30,32)/b22-14-. The van der Waals surface area contributed by atoms with E-state index in [0.29, 0.717) is 17.3 Å². The minimum Gasteiger partial charge on any atom is -0.460 e. The SMILES string of the molecule is Cc1ccc(S(=O)(=O)N(Cc2ccc(Cl)cc2)Cc2ccc(/C=C(/C#N)C(=O)NCC(C)C)o2)cc1. The molecule has 0 saturated carbocycles. The quantitative estimate of drug-likeness (QED) is 0.285. The Morgan fingerprint density at radius 3 is 2.36 bits per heavy atom. The molecule has 0 unspecified atom stereocenters. The Hall–Kier alpha value is -3.38. The molecule has 0 aliphatic carbocycles. The smallest absolute Gasteiger partial charge is 0.262 e. The van der Waals surface area contributed by atoms with Gasteiger partial charge in [0, 0.05) is 24.2 Å². The fourth-order valence-corrected chi connectivity index (χ4v) is 4.81. The molecule has 0 atom stereocenters. The van der Waals surface area contributed by atoms with Gasteiger partial charge in [-0.1, -0.05) is 55.3 Å². The molecule has 9 heteroatoms. The van der Waals surface area contributed by atoms with Gasteiger partial charge in [0.15, 0.2) is 0 Å². The molecule has 36 heavy (non-hydrogen) atoms. The van der Waals surface area contributed by atoms with Crippen molar-refractivity contribution in [2.75, 3.05) is 6.54 Å². The van der Waals surface area contributed by atoms with E-state index in [2.05, 4.69) is 5.32 Å². The molecule has 3 rings (SSSR count). The van der Waals surface area contributed by atoms with E-state index in [1.807, 2.05) is 26.8 Å². The second-order valence-corrected chi connectivity index (χ2v) is 11.2.